The van der Waals surface area contributed by atoms with Crippen LogP contribution in [0.2, 0.25) is 0 Å². The highest BCUT2D eigenvalue weighted by atomic mass is 16.1. The first kappa shape index (κ1) is 14.8. The first-order valence-electron chi connectivity index (χ1n) is 7.35. The van der Waals surface area contributed by atoms with Gasteiger partial charge in [0, 0.05) is 26.6 Å². The molecule has 3 nitrogen and oxygen atoms in total. The summed E-state index contributed by atoms with van der Waals surface area (Å²) in [7, 11) is 0. The standard InChI is InChI=1S/C17H24N2O/c1-3-15-6-4-7-16(10-15)12-19-9-5-8-17(13-19)11-18-14(2)20/h3-4,6-7,10,17H,1,5,8-9,11-13H2,2H3,(H,18,20)/t17-/m0/s1. The van der Waals surface area contributed by atoms with Gasteiger partial charge in [-0.15, -0.1) is 0 Å². The second-order valence-corrected chi connectivity index (χ2v) is 5.63. The van der Waals surface area contributed by atoms with Gasteiger partial charge in [0.25, 0.3) is 0 Å². The van der Waals surface area contributed by atoms with Crippen LogP contribution in [0.25, 0.3) is 6.08 Å². The molecular formula is C17H24N2O. The van der Waals surface area contributed by atoms with Crippen molar-refractivity contribution in [3.63, 3.8) is 0 Å². The van der Waals surface area contributed by atoms with Gasteiger partial charge in [0.15, 0.2) is 0 Å². The third-order valence-electron chi connectivity index (χ3n) is 3.84. The minimum absolute atomic E-state index is 0.0702. The third kappa shape index (κ3) is 4.49. The molecule has 1 aliphatic rings. The number of hydrogen-bond acceptors (Lipinski definition) is 2. The van der Waals surface area contributed by atoms with Crippen LogP contribution in [-0.4, -0.2) is 30.4 Å². The number of carbonyl (C=O) groups excluding carboxylic acids is 1. The summed E-state index contributed by atoms with van der Waals surface area (Å²) < 4.78 is 0. The molecule has 1 aromatic carbocycles. The van der Waals surface area contributed by atoms with Crippen molar-refractivity contribution in [2.45, 2.75) is 26.3 Å². The summed E-state index contributed by atoms with van der Waals surface area (Å²) in [5.41, 5.74) is 2.51. The fourth-order valence-corrected chi connectivity index (χ4v) is 2.83. The Hall–Kier alpha value is -1.61. The molecule has 0 aliphatic carbocycles. The normalized spacial score (nSPS) is 19.6. The zero-order valence-corrected chi connectivity index (χ0v) is 12.3. The van der Waals surface area contributed by atoms with Crippen molar-refractivity contribution in [2.24, 2.45) is 5.92 Å². The van der Waals surface area contributed by atoms with E-state index in [0.717, 1.165) is 26.2 Å². The average molecular weight is 272 g/mol. The molecule has 0 unspecified atom stereocenters. The zero-order chi connectivity index (χ0) is 14.4. The van der Waals surface area contributed by atoms with Crippen LogP contribution in [0, 0.1) is 5.92 Å². The molecule has 0 radical (unpaired) electrons. The lowest BCUT2D eigenvalue weighted by Crippen LogP contribution is -2.40. The first-order valence-corrected chi connectivity index (χ1v) is 7.35. The van der Waals surface area contributed by atoms with E-state index in [1.165, 1.54) is 24.0 Å². The van der Waals surface area contributed by atoms with Crippen molar-refractivity contribution in [2.75, 3.05) is 19.6 Å². The van der Waals surface area contributed by atoms with Crippen LogP contribution in [0.5, 0.6) is 0 Å². The van der Waals surface area contributed by atoms with Crippen LogP contribution < -0.4 is 5.32 Å². The lowest BCUT2D eigenvalue weighted by atomic mass is 9.97. The molecule has 1 aromatic rings. The van der Waals surface area contributed by atoms with Gasteiger partial charge in [-0.3, -0.25) is 9.69 Å². The van der Waals surface area contributed by atoms with E-state index in [2.05, 4.69) is 41.1 Å². The molecule has 1 N–H and O–H groups in total. The molecule has 2 rings (SSSR count). The lowest BCUT2D eigenvalue weighted by Gasteiger charge is -2.32. The Labute approximate surface area is 121 Å². The van der Waals surface area contributed by atoms with Crippen molar-refractivity contribution >= 4 is 12.0 Å². The lowest BCUT2D eigenvalue weighted by molar-refractivity contribution is -0.119. The number of benzene rings is 1. The van der Waals surface area contributed by atoms with Gasteiger partial charge in [0.05, 0.1) is 0 Å². The molecule has 1 aliphatic heterocycles. The summed E-state index contributed by atoms with van der Waals surface area (Å²) in [4.78, 5) is 13.5. The highest BCUT2D eigenvalue weighted by Gasteiger charge is 2.19. The Morgan fingerprint density at radius 2 is 2.40 bits per heavy atom. The zero-order valence-electron chi connectivity index (χ0n) is 12.3. The molecule has 1 heterocycles. The Morgan fingerprint density at radius 3 is 3.15 bits per heavy atom. The van der Waals surface area contributed by atoms with Crippen LogP contribution in [0.3, 0.4) is 0 Å². The largest absolute Gasteiger partial charge is 0.356 e. The molecule has 0 aromatic heterocycles. The summed E-state index contributed by atoms with van der Waals surface area (Å²) in [6.45, 7) is 9.41. The van der Waals surface area contributed by atoms with Crippen LogP contribution in [0.4, 0.5) is 0 Å². The smallest absolute Gasteiger partial charge is 0.216 e. The number of hydrogen-bond donors (Lipinski definition) is 1. The van der Waals surface area contributed by atoms with E-state index in [4.69, 9.17) is 0 Å². The van der Waals surface area contributed by atoms with Crippen molar-refractivity contribution in [3.8, 4) is 0 Å². The van der Waals surface area contributed by atoms with Crippen LogP contribution in [0.15, 0.2) is 30.8 Å². The number of rotatable bonds is 5. The maximum absolute atomic E-state index is 11.0. The van der Waals surface area contributed by atoms with E-state index in [-0.39, 0.29) is 5.91 Å². The topological polar surface area (TPSA) is 32.3 Å². The predicted octanol–water partition coefficient (Wildman–Crippen LogP) is 2.68. The minimum Gasteiger partial charge on any atom is -0.356 e. The van der Waals surface area contributed by atoms with Crippen molar-refractivity contribution in [1.82, 2.24) is 10.2 Å². The molecule has 0 bridgehead atoms. The second kappa shape index (κ2) is 7.25. The summed E-state index contributed by atoms with van der Waals surface area (Å²) >= 11 is 0. The van der Waals surface area contributed by atoms with Crippen LogP contribution in [-0.2, 0) is 11.3 Å². The molecule has 108 valence electrons. The monoisotopic (exact) mass is 272 g/mol. The molecule has 1 amide bonds. The number of piperidine rings is 1. The predicted molar refractivity (Wildman–Crippen MR) is 83.2 cm³/mol. The summed E-state index contributed by atoms with van der Waals surface area (Å²) in [5.74, 6) is 0.649. The maximum Gasteiger partial charge on any atom is 0.216 e. The summed E-state index contributed by atoms with van der Waals surface area (Å²) in [5, 5.41) is 2.94. The average Bonchev–Trinajstić information content (AvgIpc) is 2.46. The third-order valence-corrected chi connectivity index (χ3v) is 3.84. The van der Waals surface area contributed by atoms with Gasteiger partial charge in [0.1, 0.15) is 0 Å². The number of nitrogens with zero attached hydrogens (tertiary/aromatic N) is 1. The Morgan fingerprint density at radius 1 is 1.55 bits per heavy atom. The molecule has 3 heteroatoms. The number of likely N-dealkylation sites (tertiary alicyclic amines) is 1. The quantitative estimate of drug-likeness (QED) is 0.894. The molecule has 0 spiro atoms. The summed E-state index contributed by atoms with van der Waals surface area (Å²) in [6, 6.07) is 8.53. The van der Waals surface area contributed by atoms with E-state index >= 15 is 0 Å². The number of amides is 1. The molecule has 20 heavy (non-hydrogen) atoms. The SMILES string of the molecule is C=Cc1cccc(CN2CCC[C@@H](CNC(C)=O)C2)c1. The molecule has 1 saturated heterocycles. The fraction of sp³-hybridized carbons (Fsp3) is 0.471. The van der Waals surface area contributed by atoms with Gasteiger partial charge >= 0.3 is 0 Å². The highest BCUT2D eigenvalue weighted by molar-refractivity contribution is 5.72. The Balaban J connectivity index is 1.88. The number of carbonyl (C=O) groups is 1. The van der Waals surface area contributed by atoms with E-state index < -0.39 is 0 Å². The van der Waals surface area contributed by atoms with Gasteiger partial charge in [0.2, 0.25) is 5.91 Å². The van der Waals surface area contributed by atoms with Crippen LogP contribution in [0.1, 0.15) is 30.9 Å². The number of nitrogens with one attached hydrogen (secondary N) is 1. The molecule has 1 fully saturated rings. The minimum atomic E-state index is 0.0702. The second-order valence-electron chi connectivity index (χ2n) is 5.63. The Kier molecular flexibility index (Phi) is 5.36. The highest BCUT2D eigenvalue weighted by Crippen LogP contribution is 2.18. The fourth-order valence-electron chi connectivity index (χ4n) is 2.83. The van der Waals surface area contributed by atoms with Crippen molar-refractivity contribution in [1.29, 1.82) is 0 Å². The van der Waals surface area contributed by atoms with E-state index in [1.807, 2.05) is 6.08 Å². The summed E-state index contributed by atoms with van der Waals surface area (Å²) in [6.07, 6.45) is 4.31. The Bertz CT molecular complexity index is 470. The van der Waals surface area contributed by atoms with Gasteiger partial charge in [-0.25, -0.2) is 0 Å². The van der Waals surface area contributed by atoms with Gasteiger partial charge < -0.3 is 5.32 Å². The van der Waals surface area contributed by atoms with Crippen LogP contribution >= 0.6 is 0 Å². The first-order chi connectivity index (χ1) is 9.67. The van der Waals surface area contributed by atoms with Gasteiger partial charge in [-0.05, 0) is 36.4 Å². The van der Waals surface area contributed by atoms with E-state index in [0.29, 0.717) is 5.92 Å². The van der Waals surface area contributed by atoms with E-state index in [9.17, 15) is 4.79 Å². The van der Waals surface area contributed by atoms with Crippen molar-refractivity contribution in [3.05, 3.63) is 42.0 Å². The van der Waals surface area contributed by atoms with E-state index in [1.54, 1.807) is 6.92 Å². The molecular weight excluding hydrogens is 248 g/mol. The van der Waals surface area contributed by atoms with Gasteiger partial charge in [-0.2, -0.15) is 0 Å². The van der Waals surface area contributed by atoms with Crippen molar-refractivity contribution < 1.29 is 4.79 Å². The van der Waals surface area contributed by atoms with Gasteiger partial charge in [-0.1, -0.05) is 36.9 Å². The molecule has 0 saturated carbocycles. The molecule has 1 atom stereocenters. The maximum atomic E-state index is 11.0.